The molecule has 0 aromatic rings. The Morgan fingerprint density at radius 1 is 0.800 bits per heavy atom. The van der Waals surface area contributed by atoms with Gasteiger partial charge in [-0.3, -0.25) is 0 Å². The van der Waals surface area contributed by atoms with E-state index in [0.717, 1.165) is 32.5 Å². The number of carbonyl (C=O) groups is 2. The predicted molar refractivity (Wildman–Crippen MR) is 99.8 cm³/mol. The number of ether oxygens (including phenoxy) is 2. The Hall–Kier alpha value is -1.50. The second-order valence-electron chi connectivity index (χ2n) is 8.00. The lowest BCUT2D eigenvalue weighted by atomic mass is 10.2. The van der Waals surface area contributed by atoms with Crippen molar-refractivity contribution >= 4 is 12.2 Å². The van der Waals surface area contributed by atoms with Crippen molar-refractivity contribution in [2.45, 2.75) is 72.5 Å². The lowest BCUT2D eigenvalue weighted by Crippen LogP contribution is -2.36. The number of nitrogens with one attached hydrogen (secondary N) is 2. The van der Waals surface area contributed by atoms with Gasteiger partial charge in [0.05, 0.1) is 0 Å². The number of hydrogen-bond acceptors (Lipinski definition) is 5. The third kappa shape index (κ3) is 15.8. The van der Waals surface area contributed by atoms with Gasteiger partial charge in [0.2, 0.25) is 0 Å². The number of carbonyl (C=O) groups excluding carboxylic acids is 2. The zero-order valence-electron chi connectivity index (χ0n) is 17.0. The van der Waals surface area contributed by atoms with Crippen LogP contribution in [0.5, 0.6) is 0 Å². The number of rotatable bonds is 9. The third-order valence-electron chi connectivity index (χ3n) is 3.09. The first-order chi connectivity index (χ1) is 11.4. The Kier molecular flexibility index (Phi) is 10.5. The molecule has 0 unspecified atom stereocenters. The van der Waals surface area contributed by atoms with Crippen LogP contribution < -0.4 is 10.6 Å². The van der Waals surface area contributed by atoms with E-state index in [1.807, 2.05) is 41.5 Å². The average molecular weight is 360 g/mol. The molecule has 0 aliphatic rings. The molecular weight excluding hydrogens is 322 g/mol. The van der Waals surface area contributed by atoms with Crippen LogP contribution in [0.2, 0.25) is 0 Å². The Morgan fingerprint density at radius 3 is 1.44 bits per heavy atom. The van der Waals surface area contributed by atoms with Gasteiger partial charge in [0.1, 0.15) is 11.2 Å². The highest BCUT2D eigenvalue weighted by molar-refractivity contribution is 5.67. The van der Waals surface area contributed by atoms with Crippen molar-refractivity contribution in [2.24, 2.45) is 0 Å². The van der Waals surface area contributed by atoms with Gasteiger partial charge >= 0.3 is 12.2 Å². The van der Waals surface area contributed by atoms with Crippen molar-refractivity contribution in [1.82, 2.24) is 15.5 Å². The first-order valence-electron chi connectivity index (χ1n) is 9.09. The molecule has 148 valence electrons. The average Bonchev–Trinajstić information content (AvgIpc) is 2.41. The Morgan fingerprint density at radius 2 is 1.16 bits per heavy atom. The fourth-order valence-corrected chi connectivity index (χ4v) is 2.04. The van der Waals surface area contributed by atoms with Crippen molar-refractivity contribution in [3.8, 4) is 0 Å². The molecule has 0 rings (SSSR count). The summed E-state index contributed by atoms with van der Waals surface area (Å²) in [5.74, 6) is 0. The van der Waals surface area contributed by atoms with E-state index < -0.39 is 11.2 Å². The largest absolute Gasteiger partial charge is 0.444 e. The molecule has 0 spiro atoms. The maximum Gasteiger partial charge on any atom is 0.407 e. The van der Waals surface area contributed by atoms with Gasteiger partial charge in [0.25, 0.3) is 0 Å². The highest BCUT2D eigenvalue weighted by Gasteiger charge is 2.16. The summed E-state index contributed by atoms with van der Waals surface area (Å²) in [6, 6.07) is 0. The van der Waals surface area contributed by atoms with Crippen LogP contribution in [0.3, 0.4) is 0 Å². The monoisotopic (exact) mass is 359 g/mol. The first kappa shape index (κ1) is 23.5. The topological polar surface area (TPSA) is 79.9 Å². The van der Waals surface area contributed by atoms with E-state index in [9.17, 15) is 9.59 Å². The van der Waals surface area contributed by atoms with Gasteiger partial charge < -0.3 is 25.0 Å². The van der Waals surface area contributed by atoms with E-state index in [0.29, 0.717) is 13.1 Å². The first-order valence-corrected chi connectivity index (χ1v) is 9.09. The Bertz CT molecular complexity index is 364. The summed E-state index contributed by atoms with van der Waals surface area (Å²) in [5, 5.41) is 5.52. The summed E-state index contributed by atoms with van der Waals surface area (Å²) in [5.41, 5.74) is -0.943. The normalized spacial score (nSPS) is 12.0. The lowest BCUT2D eigenvalue weighted by Gasteiger charge is -2.22. The van der Waals surface area contributed by atoms with Crippen LogP contribution in [0.4, 0.5) is 9.59 Å². The summed E-state index contributed by atoms with van der Waals surface area (Å²) in [6.45, 7) is 17.0. The van der Waals surface area contributed by atoms with Crippen LogP contribution in [-0.2, 0) is 9.47 Å². The molecule has 0 bridgehead atoms. The standard InChI is InChI=1S/C18H37N3O4/c1-8-21(13-9-11-19-15(22)24-17(2,3)4)14-10-12-20-16(23)25-18(5,6)7/h8-14H2,1-7H3,(H,19,22)(H,20,23). The van der Waals surface area contributed by atoms with Crippen molar-refractivity contribution in [3.63, 3.8) is 0 Å². The molecule has 0 aliphatic carbocycles. The second kappa shape index (κ2) is 11.2. The van der Waals surface area contributed by atoms with Crippen molar-refractivity contribution in [1.29, 1.82) is 0 Å². The van der Waals surface area contributed by atoms with Crippen LogP contribution in [0, 0.1) is 0 Å². The molecule has 0 aromatic carbocycles. The van der Waals surface area contributed by atoms with Crippen LogP contribution in [-0.4, -0.2) is 61.0 Å². The molecule has 0 radical (unpaired) electrons. The molecular formula is C18H37N3O4. The maximum atomic E-state index is 11.5. The minimum atomic E-state index is -0.472. The van der Waals surface area contributed by atoms with Gasteiger partial charge in [-0.2, -0.15) is 0 Å². The molecule has 0 aliphatic heterocycles. The number of alkyl carbamates (subject to hydrolysis) is 2. The van der Waals surface area contributed by atoms with Gasteiger partial charge in [-0.25, -0.2) is 9.59 Å². The second-order valence-corrected chi connectivity index (χ2v) is 8.00. The number of nitrogens with zero attached hydrogens (tertiary/aromatic N) is 1. The zero-order valence-corrected chi connectivity index (χ0v) is 17.0. The molecule has 0 heterocycles. The summed E-state index contributed by atoms with van der Waals surface area (Å²) in [7, 11) is 0. The van der Waals surface area contributed by atoms with Crippen LogP contribution in [0.25, 0.3) is 0 Å². The summed E-state index contributed by atoms with van der Waals surface area (Å²) in [4.78, 5) is 25.4. The fraction of sp³-hybridized carbons (Fsp3) is 0.889. The van der Waals surface area contributed by atoms with Gasteiger partial charge in [-0.15, -0.1) is 0 Å². The molecule has 7 nitrogen and oxygen atoms in total. The van der Waals surface area contributed by atoms with E-state index in [-0.39, 0.29) is 12.2 Å². The lowest BCUT2D eigenvalue weighted by molar-refractivity contribution is 0.0516. The summed E-state index contributed by atoms with van der Waals surface area (Å²) < 4.78 is 10.4. The van der Waals surface area contributed by atoms with Crippen LogP contribution in [0.15, 0.2) is 0 Å². The Balaban J connectivity index is 3.79. The molecule has 0 aromatic heterocycles. The van der Waals surface area contributed by atoms with Gasteiger partial charge in [-0.05, 0) is 74.0 Å². The van der Waals surface area contributed by atoms with Gasteiger partial charge in [-0.1, -0.05) is 6.92 Å². The van der Waals surface area contributed by atoms with E-state index in [1.165, 1.54) is 0 Å². The van der Waals surface area contributed by atoms with Crippen LogP contribution in [0.1, 0.15) is 61.3 Å². The van der Waals surface area contributed by atoms with Crippen molar-refractivity contribution in [3.05, 3.63) is 0 Å². The highest BCUT2D eigenvalue weighted by atomic mass is 16.6. The molecule has 0 fully saturated rings. The SMILES string of the molecule is CCN(CCCNC(=O)OC(C)(C)C)CCCNC(=O)OC(C)(C)C. The van der Waals surface area contributed by atoms with E-state index in [2.05, 4.69) is 22.5 Å². The molecule has 25 heavy (non-hydrogen) atoms. The van der Waals surface area contributed by atoms with E-state index in [4.69, 9.17) is 9.47 Å². The van der Waals surface area contributed by atoms with Crippen molar-refractivity contribution in [2.75, 3.05) is 32.7 Å². The third-order valence-corrected chi connectivity index (χ3v) is 3.09. The molecule has 2 N–H and O–H groups in total. The van der Waals surface area contributed by atoms with Crippen LogP contribution >= 0.6 is 0 Å². The van der Waals surface area contributed by atoms with E-state index >= 15 is 0 Å². The van der Waals surface area contributed by atoms with Crippen molar-refractivity contribution < 1.29 is 19.1 Å². The number of hydrogen-bond donors (Lipinski definition) is 2. The Labute approximate surface area is 152 Å². The molecule has 7 heteroatoms. The summed E-state index contributed by atoms with van der Waals surface area (Å²) >= 11 is 0. The smallest absolute Gasteiger partial charge is 0.407 e. The zero-order chi connectivity index (χ0) is 19.5. The molecule has 0 atom stereocenters. The predicted octanol–water partition coefficient (Wildman–Crippen LogP) is 3.14. The highest BCUT2D eigenvalue weighted by Crippen LogP contribution is 2.07. The summed E-state index contributed by atoms with van der Waals surface area (Å²) in [6.07, 6.45) is 0.952. The quantitative estimate of drug-likeness (QED) is 0.618. The van der Waals surface area contributed by atoms with Gasteiger partial charge in [0.15, 0.2) is 0 Å². The minimum absolute atomic E-state index is 0.378. The molecule has 0 saturated heterocycles. The molecule has 2 amide bonds. The maximum absolute atomic E-state index is 11.5. The number of amides is 2. The van der Waals surface area contributed by atoms with E-state index in [1.54, 1.807) is 0 Å². The minimum Gasteiger partial charge on any atom is -0.444 e. The molecule has 0 saturated carbocycles. The fourth-order valence-electron chi connectivity index (χ4n) is 2.04. The van der Waals surface area contributed by atoms with Gasteiger partial charge in [0, 0.05) is 13.1 Å².